The van der Waals surface area contributed by atoms with Gasteiger partial charge in [-0.05, 0) is 12.8 Å². The molecule has 4 nitrogen and oxygen atoms in total. The average Bonchev–Trinajstić information content (AvgIpc) is 2.95. The third-order valence-corrected chi connectivity index (χ3v) is 2.70. The standard InChI is InChI=1S/C12H18N4/c1-3-11-13-7-9(15-11)5-6-10-8-14-12(4-2)16-10/h7-8H,3-6H2,1-2H3,(H,13,15)(H,14,16). The van der Waals surface area contributed by atoms with Crippen molar-refractivity contribution in [2.45, 2.75) is 39.5 Å². The summed E-state index contributed by atoms with van der Waals surface area (Å²) >= 11 is 0. The summed E-state index contributed by atoms with van der Waals surface area (Å²) in [6, 6.07) is 0. The zero-order chi connectivity index (χ0) is 11.4. The molecule has 2 rings (SSSR count). The van der Waals surface area contributed by atoms with E-state index in [9.17, 15) is 0 Å². The van der Waals surface area contributed by atoms with Gasteiger partial charge in [0.25, 0.3) is 0 Å². The first-order valence-electron chi connectivity index (χ1n) is 5.87. The van der Waals surface area contributed by atoms with Gasteiger partial charge in [-0.2, -0.15) is 0 Å². The fourth-order valence-electron chi connectivity index (χ4n) is 1.69. The minimum absolute atomic E-state index is 0.962. The molecule has 0 aromatic carbocycles. The molecule has 16 heavy (non-hydrogen) atoms. The molecular weight excluding hydrogens is 200 g/mol. The van der Waals surface area contributed by atoms with Crippen molar-refractivity contribution in [2.75, 3.05) is 0 Å². The monoisotopic (exact) mass is 218 g/mol. The Morgan fingerprint density at radius 3 is 1.62 bits per heavy atom. The highest BCUT2D eigenvalue weighted by Gasteiger charge is 2.02. The number of imidazole rings is 2. The average molecular weight is 218 g/mol. The third kappa shape index (κ3) is 2.51. The van der Waals surface area contributed by atoms with Crippen molar-refractivity contribution in [3.8, 4) is 0 Å². The summed E-state index contributed by atoms with van der Waals surface area (Å²) in [5.41, 5.74) is 2.40. The maximum atomic E-state index is 4.29. The first-order valence-corrected chi connectivity index (χ1v) is 5.87. The quantitative estimate of drug-likeness (QED) is 0.807. The molecule has 0 amide bonds. The lowest BCUT2D eigenvalue weighted by atomic mass is 10.2. The molecule has 2 aromatic heterocycles. The van der Waals surface area contributed by atoms with Gasteiger partial charge >= 0.3 is 0 Å². The molecule has 0 fully saturated rings. The summed E-state index contributed by atoms with van der Waals surface area (Å²) in [4.78, 5) is 15.2. The van der Waals surface area contributed by atoms with Gasteiger partial charge in [-0.25, -0.2) is 9.97 Å². The van der Waals surface area contributed by atoms with Crippen molar-refractivity contribution in [3.05, 3.63) is 35.4 Å². The number of H-pyrrole nitrogens is 2. The van der Waals surface area contributed by atoms with Gasteiger partial charge in [0.15, 0.2) is 0 Å². The van der Waals surface area contributed by atoms with Gasteiger partial charge in [0.05, 0.1) is 0 Å². The lowest BCUT2D eigenvalue weighted by Crippen LogP contribution is -1.93. The van der Waals surface area contributed by atoms with Crippen LogP contribution in [0.5, 0.6) is 0 Å². The largest absolute Gasteiger partial charge is 0.346 e. The Kier molecular flexibility index (Phi) is 3.39. The van der Waals surface area contributed by atoms with Crippen molar-refractivity contribution < 1.29 is 0 Å². The second kappa shape index (κ2) is 4.96. The Morgan fingerprint density at radius 1 is 0.875 bits per heavy atom. The van der Waals surface area contributed by atoms with E-state index in [0.29, 0.717) is 0 Å². The molecule has 0 spiro atoms. The van der Waals surface area contributed by atoms with Crippen LogP contribution in [0.2, 0.25) is 0 Å². The van der Waals surface area contributed by atoms with Crippen molar-refractivity contribution >= 4 is 0 Å². The Hall–Kier alpha value is -1.58. The maximum Gasteiger partial charge on any atom is 0.105 e. The maximum absolute atomic E-state index is 4.29. The number of aryl methyl sites for hydroxylation is 4. The highest BCUT2D eigenvalue weighted by molar-refractivity contribution is 5.07. The van der Waals surface area contributed by atoms with E-state index < -0.39 is 0 Å². The van der Waals surface area contributed by atoms with Crippen LogP contribution in [0.25, 0.3) is 0 Å². The summed E-state index contributed by atoms with van der Waals surface area (Å²) in [7, 11) is 0. The molecule has 0 saturated carbocycles. The van der Waals surface area contributed by atoms with Crippen molar-refractivity contribution in [3.63, 3.8) is 0 Å². The van der Waals surface area contributed by atoms with Crippen LogP contribution in [0, 0.1) is 0 Å². The molecule has 0 saturated heterocycles. The lowest BCUT2D eigenvalue weighted by Gasteiger charge is -1.95. The number of aromatic nitrogens is 4. The highest BCUT2D eigenvalue weighted by Crippen LogP contribution is 2.05. The minimum Gasteiger partial charge on any atom is -0.346 e. The van der Waals surface area contributed by atoms with E-state index in [1.807, 2.05) is 12.4 Å². The molecule has 2 N–H and O–H groups in total. The molecule has 2 heterocycles. The van der Waals surface area contributed by atoms with Crippen LogP contribution in [0.4, 0.5) is 0 Å². The third-order valence-electron chi connectivity index (χ3n) is 2.70. The van der Waals surface area contributed by atoms with Gasteiger partial charge < -0.3 is 9.97 Å². The second-order valence-electron chi connectivity index (χ2n) is 3.92. The van der Waals surface area contributed by atoms with Gasteiger partial charge in [-0.15, -0.1) is 0 Å². The van der Waals surface area contributed by atoms with E-state index in [1.54, 1.807) is 0 Å². The minimum atomic E-state index is 0.962. The molecule has 0 atom stereocenters. The predicted molar refractivity (Wildman–Crippen MR) is 63.3 cm³/mol. The predicted octanol–water partition coefficient (Wildman–Crippen LogP) is 2.04. The highest BCUT2D eigenvalue weighted by atomic mass is 14.9. The molecule has 0 aliphatic rings. The fraction of sp³-hybridized carbons (Fsp3) is 0.500. The van der Waals surface area contributed by atoms with E-state index in [1.165, 1.54) is 11.4 Å². The molecule has 0 radical (unpaired) electrons. The summed E-state index contributed by atoms with van der Waals surface area (Å²) < 4.78 is 0. The van der Waals surface area contributed by atoms with E-state index in [0.717, 1.165) is 37.3 Å². The Balaban J connectivity index is 1.91. The van der Waals surface area contributed by atoms with Gasteiger partial charge in [0.2, 0.25) is 0 Å². The van der Waals surface area contributed by atoms with Crippen LogP contribution in [-0.4, -0.2) is 19.9 Å². The van der Waals surface area contributed by atoms with Gasteiger partial charge in [0.1, 0.15) is 11.6 Å². The number of aromatic amines is 2. The Bertz CT molecular complexity index is 399. The number of nitrogens with one attached hydrogen (secondary N) is 2. The summed E-state index contributed by atoms with van der Waals surface area (Å²) in [6.07, 6.45) is 7.75. The van der Waals surface area contributed by atoms with Crippen LogP contribution in [0.15, 0.2) is 12.4 Å². The van der Waals surface area contributed by atoms with E-state index in [2.05, 4.69) is 33.8 Å². The smallest absolute Gasteiger partial charge is 0.105 e. The molecule has 86 valence electrons. The SMILES string of the molecule is CCc1ncc(CCc2cnc(CC)[nH]2)[nH]1. The zero-order valence-corrected chi connectivity index (χ0v) is 9.88. The first-order chi connectivity index (χ1) is 7.81. The summed E-state index contributed by atoms with van der Waals surface area (Å²) in [5, 5.41) is 0. The molecule has 0 aliphatic heterocycles. The topological polar surface area (TPSA) is 57.4 Å². The fourth-order valence-corrected chi connectivity index (χ4v) is 1.69. The normalized spacial score (nSPS) is 10.9. The molecule has 0 bridgehead atoms. The second-order valence-corrected chi connectivity index (χ2v) is 3.92. The molecule has 4 heteroatoms. The van der Waals surface area contributed by atoms with Crippen molar-refractivity contribution in [1.82, 2.24) is 19.9 Å². The number of hydrogen-bond donors (Lipinski definition) is 2. The van der Waals surface area contributed by atoms with Crippen LogP contribution in [0.1, 0.15) is 36.9 Å². The van der Waals surface area contributed by atoms with Gasteiger partial charge in [0, 0.05) is 36.6 Å². The number of nitrogens with zero attached hydrogens (tertiary/aromatic N) is 2. The van der Waals surface area contributed by atoms with Crippen molar-refractivity contribution in [2.24, 2.45) is 0 Å². The van der Waals surface area contributed by atoms with Crippen LogP contribution in [0.3, 0.4) is 0 Å². The molecule has 2 aromatic rings. The molecular formula is C12H18N4. The number of rotatable bonds is 5. The molecule has 0 unspecified atom stereocenters. The zero-order valence-electron chi connectivity index (χ0n) is 9.88. The van der Waals surface area contributed by atoms with Gasteiger partial charge in [-0.3, -0.25) is 0 Å². The molecule has 0 aliphatic carbocycles. The summed E-state index contributed by atoms with van der Waals surface area (Å²) in [5.74, 6) is 2.13. The number of hydrogen-bond acceptors (Lipinski definition) is 2. The Morgan fingerprint density at radius 2 is 1.31 bits per heavy atom. The van der Waals surface area contributed by atoms with Crippen LogP contribution < -0.4 is 0 Å². The van der Waals surface area contributed by atoms with Crippen LogP contribution >= 0.6 is 0 Å². The van der Waals surface area contributed by atoms with E-state index in [4.69, 9.17) is 0 Å². The van der Waals surface area contributed by atoms with Crippen LogP contribution in [-0.2, 0) is 25.7 Å². The van der Waals surface area contributed by atoms with Crippen molar-refractivity contribution in [1.29, 1.82) is 0 Å². The van der Waals surface area contributed by atoms with Gasteiger partial charge in [-0.1, -0.05) is 13.8 Å². The first kappa shape index (κ1) is 10.9. The lowest BCUT2D eigenvalue weighted by molar-refractivity contribution is 0.874. The van der Waals surface area contributed by atoms with E-state index >= 15 is 0 Å². The Labute approximate surface area is 95.5 Å². The van der Waals surface area contributed by atoms with E-state index in [-0.39, 0.29) is 0 Å². The summed E-state index contributed by atoms with van der Waals surface area (Å²) in [6.45, 7) is 4.20.